The van der Waals surface area contributed by atoms with E-state index in [4.69, 9.17) is 4.74 Å². The molecule has 0 spiro atoms. The molecular weight excluding hydrogens is 360 g/mol. The average molecular weight is 376 g/mol. The van der Waals surface area contributed by atoms with E-state index in [1.807, 2.05) is 6.07 Å². The van der Waals surface area contributed by atoms with Crippen molar-refractivity contribution in [1.29, 1.82) is 0 Å². The average Bonchev–Trinajstić information content (AvgIpc) is 3.23. The molecule has 2 aromatic carbocycles. The number of carbonyl (C=O) groups is 1. The number of para-hydroxylation sites is 1. The van der Waals surface area contributed by atoms with E-state index in [0.29, 0.717) is 35.3 Å². The van der Waals surface area contributed by atoms with Crippen molar-refractivity contribution >= 4 is 16.9 Å². The first kappa shape index (κ1) is 17.5. The molecule has 0 aliphatic heterocycles. The number of fused-ring (bicyclic) bond motifs is 1. The molecule has 0 bridgehead atoms. The molecule has 1 N–H and O–H groups in total. The van der Waals surface area contributed by atoms with Crippen molar-refractivity contribution in [2.24, 2.45) is 0 Å². The van der Waals surface area contributed by atoms with Gasteiger partial charge in [0, 0.05) is 12.8 Å². The molecule has 2 heterocycles. The molecule has 0 unspecified atom stereocenters. The molecule has 0 fully saturated rings. The molecule has 4 rings (SSSR count). The maximum Gasteiger partial charge on any atom is 0.311 e. The van der Waals surface area contributed by atoms with E-state index in [1.54, 1.807) is 42.5 Å². The summed E-state index contributed by atoms with van der Waals surface area (Å²) in [6.07, 6.45) is 2.69. The van der Waals surface area contributed by atoms with Crippen molar-refractivity contribution in [3.8, 4) is 11.4 Å². The predicted octanol–water partition coefficient (Wildman–Crippen LogP) is 1.83. The molecule has 9 heteroatoms. The van der Waals surface area contributed by atoms with E-state index in [-0.39, 0.29) is 17.9 Å². The molecule has 0 radical (unpaired) electrons. The highest BCUT2D eigenvalue weighted by atomic mass is 16.5. The van der Waals surface area contributed by atoms with E-state index in [1.165, 1.54) is 11.0 Å². The summed E-state index contributed by atoms with van der Waals surface area (Å²) in [7, 11) is 0. The zero-order valence-corrected chi connectivity index (χ0v) is 14.8. The van der Waals surface area contributed by atoms with E-state index in [0.717, 1.165) is 5.69 Å². The SMILES string of the molecule is O=C(CCCc1nc2ccccc2c(=O)[nH]1)Oc1ccc(-n2cnnn2)cc1. The second-order valence-electron chi connectivity index (χ2n) is 6.11. The van der Waals surface area contributed by atoms with Gasteiger partial charge in [0.15, 0.2) is 0 Å². The number of hydrogen-bond donors (Lipinski definition) is 1. The lowest BCUT2D eigenvalue weighted by atomic mass is 10.2. The Labute approximate surface area is 159 Å². The first-order valence-corrected chi connectivity index (χ1v) is 8.71. The van der Waals surface area contributed by atoms with Crippen LogP contribution in [0.2, 0.25) is 0 Å². The molecule has 28 heavy (non-hydrogen) atoms. The van der Waals surface area contributed by atoms with Crippen LogP contribution in [0, 0.1) is 0 Å². The Morgan fingerprint density at radius 3 is 2.71 bits per heavy atom. The molecule has 0 amide bonds. The lowest BCUT2D eigenvalue weighted by Crippen LogP contribution is -2.13. The molecule has 2 aromatic heterocycles. The van der Waals surface area contributed by atoms with Gasteiger partial charge in [-0.3, -0.25) is 9.59 Å². The summed E-state index contributed by atoms with van der Waals surface area (Å²) >= 11 is 0. The van der Waals surface area contributed by atoms with Crippen molar-refractivity contribution in [2.75, 3.05) is 0 Å². The quantitative estimate of drug-likeness (QED) is 0.403. The summed E-state index contributed by atoms with van der Waals surface area (Å²) in [4.78, 5) is 31.3. The highest BCUT2D eigenvalue weighted by Crippen LogP contribution is 2.15. The first-order chi connectivity index (χ1) is 13.7. The van der Waals surface area contributed by atoms with E-state index in [9.17, 15) is 9.59 Å². The summed E-state index contributed by atoms with van der Waals surface area (Å²) in [5.74, 6) is 0.652. The Kier molecular flexibility index (Phi) is 4.87. The fraction of sp³-hybridized carbons (Fsp3) is 0.158. The Morgan fingerprint density at radius 1 is 1.11 bits per heavy atom. The number of benzene rings is 2. The van der Waals surface area contributed by atoms with Gasteiger partial charge in [-0.15, -0.1) is 5.10 Å². The van der Waals surface area contributed by atoms with Crippen molar-refractivity contribution in [3.63, 3.8) is 0 Å². The summed E-state index contributed by atoms with van der Waals surface area (Å²) in [6.45, 7) is 0. The van der Waals surface area contributed by atoms with Crippen molar-refractivity contribution in [1.82, 2.24) is 30.2 Å². The second kappa shape index (κ2) is 7.78. The normalized spacial score (nSPS) is 10.9. The van der Waals surface area contributed by atoms with Crippen molar-refractivity contribution in [3.05, 3.63) is 71.0 Å². The van der Waals surface area contributed by atoms with Crippen LogP contribution in [-0.4, -0.2) is 36.1 Å². The fourth-order valence-corrected chi connectivity index (χ4v) is 2.78. The Hall–Kier alpha value is -3.88. The molecule has 140 valence electrons. The minimum absolute atomic E-state index is 0.175. The molecule has 0 aliphatic rings. The number of esters is 1. The number of hydrogen-bond acceptors (Lipinski definition) is 7. The number of nitrogens with one attached hydrogen (secondary N) is 1. The summed E-state index contributed by atoms with van der Waals surface area (Å²) in [6, 6.07) is 14.0. The number of nitrogens with zero attached hydrogens (tertiary/aromatic N) is 5. The van der Waals surface area contributed by atoms with Crippen LogP contribution in [0.15, 0.2) is 59.7 Å². The van der Waals surface area contributed by atoms with Crippen LogP contribution in [-0.2, 0) is 11.2 Å². The molecular formula is C19H16N6O3. The van der Waals surface area contributed by atoms with Crippen LogP contribution < -0.4 is 10.3 Å². The topological polar surface area (TPSA) is 116 Å². The third-order valence-corrected chi connectivity index (χ3v) is 4.14. The first-order valence-electron chi connectivity index (χ1n) is 8.71. The second-order valence-corrected chi connectivity index (χ2v) is 6.11. The molecule has 9 nitrogen and oxygen atoms in total. The van der Waals surface area contributed by atoms with Crippen molar-refractivity contribution < 1.29 is 9.53 Å². The van der Waals surface area contributed by atoms with Crippen LogP contribution in [0.4, 0.5) is 0 Å². The van der Waals surface area contributed by atoms with Crippen LogP contribution in [0.5, 0.6) is 5.75 Å². The van der Waals surface area contributed by atoms with E-state index < -0.39 is 0 Å². The van der Waals surface area contributed by atoms with Gasteiger partial charge in [0.1, 0.15) is 17.9 Å². The number of aromatic nitrogens is 6. The smallest absolute Gasteiger partial charge is 0.311 e. The number of tetrazole rings is 1. The minimum atomic E-state index is -0.349. The number of aromatic amines is 1. The van der Waals surface area contributed by atoms with E-state index >= 15 is 0 Å². The highest BCUT2D eigenvalue weighted by Gasteiger charge is 2.08. The van der Waals surface area contributed by atoms with Gasteiger partial charge in [0.2, 0.25) is 0 Å². The zero-order valence-electron chi connectivity index (χ0n) is 14.8. The Morgan fingerprint density at radius 2 is 1.93 bits per heavy atom. The molecule has 0 saturated carbocycles. The van der Waals surface area contributed by atoms with Crippen LogP contribution in [0.3, 0.4) is 0 Å². The van der Waals surface area contributed by atoms with Gasteiger partial charge in [-0.25, -0.2) is 9.67 Å². The van der Waals surface area contributed by atoms with Gasteiger partial charge < -0.3 is 9.72 Å². The zero-order chi connectivity index (χ0) is 19.3. The highest BCUT2D eigenvalue weighted by molar-refractivity contribution is 5.77. The summed E-state index contributed by atoms with van der Waals surface area (Å²) < 4.78 is 6.83. The Bertz CT molecular complexity index is 1150. The van der Waals surface area contributed by atoms with Gasteiger partial charge in [-0.05, 0) is 53.2 Å². The molecule has 0 atom stereocenters. The number of H-pyrrole nitrogens is 1. The number of carbonyl (C=O) groups excluding carboxylic acids is 1. The maximum atomic E-state index is 12.0. The maximum absolute atomic E-state index is 12.0. The lowest BCUT2D eigenvalue weighted by molar-refractivity contribution is -0.134. The fourth-order valence-electron chi connectivity index (χ4n) is 2.78. The summed E-state index contributed by atoms with van der Waals surface area (Å²) in [5, 5.41) is 11.5. The van der Waals surface area contributed by atoms with Gasteiger partial charge in [-0.1, -0.05) is 12.1 Å². The number of ether oxygens (including phenoxy) is 1. The third-order valence-electron chi connectivity index (χ3n) is 4.14. The van der Waals surface area contributed by atoms with Gasteiger partial charge in [0.25, 0.3) is 5.56 Å². The monoisotopic (exact) mass is 376 g/mol. The number of aryl methyl sites for hydroxylation is 1. The molecule has 4 aromatic rings. The largest absolute Gasteiger partial charge is 0.427 e. The Balaban J connectivity index is 1.32. The lowest BCUT2D eigenvalue weighted by Gasteiger charge is -2.06. The number of rotatable bonds is 6. The van der Waals surface area contributed by atoms with Gasteiger partial charge in [0.05, 0.1) is 16.6 Å². The van der Waals surface area contributed by atoms with Crippen LogP contribution >= 0.6 is 0 Å². The van der Waals surface area contributed by atoms with Gasteiger partial charge >= 0.3 is 5.97 Å². The van der Waals surface area contributed by atoms with E-state index in [2.05, 4.69) is 25.5 Å². The van der Waals surface area contributed by atoms with Crippen LogP contribution in [0.25, 0.3) is 16.6 Å². The summed E-state index contributed by atoms with van der Waals surface area (Å²) in [5.41, 5.74) is 1.23. The third kappa shape index (κ3) is 3.93. The van der Waals surface area contributed by atoms with Crippen LogP contribution in [0.1, 0.15) is 18.7 Å². The minimum Gasteiger partial charge on any atom is -0.427 e. The van der Waals surface area contributed by atoms with Crippen molar-refractivity contribution in [2.45, 2.75) is 19.3 Å². The van der Waals surface area contributed by atoms with Gasteiger partial charge in [-0.2, -0.15) is 0 Å². The predicted molar refractivity (Wildman–Crippen MR) is 100 cm³/mol. The standard InChI is InChI=1S/C19H16N6O3/c26-18(28-14-10-8-13(9-11-14)25-12-20-23-24-25)7-3-6-17-21-16-5-2-1-4-15(16)19(27)22-17/h1-2,4-5,8-12H,3,6-7H2,(H,21,22,27). The molecule has 0 aliphatic carbocycles. The molecule has 0 saturated heterocycles.